The molecule has 0 aliphatic carbocycles. The summed E-state index contributed by atoms with van der Waals surface area (Å²) in [5.74, 6) is 0.379. The van der Waals surface area contributed by atoms with Gasteiger partial charge in [0.2, 0.25) is 0 Å². The Labute approximate surface area is 167 Å². The van der Waals surface area contributed by atoms with Gasteiger partial charge in [-0.25, -0.2) is 14.4 Å². The van der Waals surface area contributed by atoms with Crippen LogP contribution in [0.4, 0.5) is 10.5 Å². The van der Waals surface area contributed by atoms with Crippen LogP contribution in [0.25, 0.3) is 0 Å². The lowest BCUT2D eigenvalue weighted by atomic mass is 10.1. The lowest BCUT2D eigenvalue weighted by Gasteiger charge is -2.10. The lowest BCUT2D eigenvalue weighted by Crippen LogP contribution is -2.30. The molecular weight excluding hydrogens is 380 g/mol. The number of carbonyl (C=O) groups is 3. The van der Waals surface area contributed by atoms with Gasteiger partial charge in [0.05, 0.1) is 25.3 Å². The quantitative estimate of drug-likeness (QED) is 0.520. The summed E-state index contributed by atoms with van der Waals surface area (Å²) in [4.78, 5) is 35.6. The number of hydrogen-bond donors (Lipinski definition) is 2. The molecular formula is C20H22N2O5S. The molecule has 0 bridgehead atoms. The predicted octanol–water partition coefficient (Wildman–Crippen LogP) is 3.31. The van der Waals surface area contributed by atoms with E-state index in [1.54, 1.807) is 11.8 Å². The summed E-state index contributed by atoms with van der Waals surface area (Å²) in [6, 6.07) is 13.9. The zero-order valence-corrected chi connectivity index (χ0v) is 16.5. The number of ether oxygens (including phenoxy) is 2. The number of rotatable bonds is 8. The Balaban J connectivity index is 1.87. The first-order valence-corrected chi connectivity index (χ1v) is 9.67. The number of nitrogens with one attached hydrogen (secondary N) is 2. The van der Waals surface area contributed by atoms with Crippen LogP contribution in [0.5, 0.6) is 0 Å². The van der Waals surface area contributed by atoms with E-state index in [-0.39, 0.29) is 16.8 Å². The SMILES string of the molecule is COC(=O)c1cc(NC(=O)NCCSCc2ccccc2)cc(C(=O)OC)c1. The van der Waals surface area contributed by atoms with Crippen LogP contribution in [0.2, 0.25) is 0 Å². The summed E-state index contributed by atoms with van der Waals surface area (Å²) in [7, 11) is 2.47. The van der Waals surface area contributed by atoms with E-state index in [4.69, 9.17) is 0 Å². The van der Waals surface area contributed by atoms with E-state index >= 15 is 0 Å². The molecule has 2 amide bonds. The highest BCUT2D eigenvalue weighted by molar-refractivity contribution is 7.98. The Morgan fingerprint density at radius 3 is 2.11 bits per heavy atom. The molecule has 0 unspecified atom stereocenters. The average Bonchev–Trinajstić information content (AvgIpc) is 2.72. The highest BCUT2D eigenvalue weighted by Crippen LogP contribution is 2.17. The number of thioether (sulfide) groups is 1. The number of hydrogen-bond acceptors (Lipinski definition) is 6. The van der Waals surface area contributed by atoms with E-state index in [1.807, 2.05) is 18.2 Å². The van der Waals surface area contributed by atoms with Crippen LogP contribution in [-0.2, 0) is 15.2 Å². The molecule has 0 atom stereocenters. The molecule has 2 aromatic carbocycles. The molecule has 0 fully saturated rings. The minimum atomic E-state index is -0.619. The molecule has 0 radical (unpaired) electrons. The van der Waals surface area contributed by atoms with Gasteiger partial charge in [0.25, 0.3) is 0 Å². The Hall–Kier alpha value is -3.00. The van der Waals surface area contributed by atoms with Gasteiger partial charge in [-0.2, -0.15) is 11.8 Å². The van der Waals surface area contributed by atoms with E-state index in [0.29, 0.717) is 6.54 Å². The van der Waals surface area contributed by atoms with E-state index < -0.39 is 18.0 Å². The first-order chi connectivity index (χ1) is 13.5. The van der Waals surface area contributed by atoms with Gasteiger partial charge in [-0.1, -0.05) is 30.3 Å². The number of methoxy groups -OCH3 is 2. The van der Waals surface area contributed by atoms with Crippen LogP contribution in [0.3, 0.4) is 0 Å². The van der Waals surface area contributed by atoms with Crippen molar-refractivity contribution in [2.24, 2.45) is 0 Å². The van der Waals surface area contributed by atoms with E-state index in [2.05, 4.69) is 32.2 Å². The Morgan fingerprint density at radius 1 is 0.929 bits per heavy atom. The zero-order chi connectivity index (χ0) is 20.4. The third-order valence-corrected chi connectivity index (χ3v) is 4.71. The molecule has 0 aliphatic rings. The summed E-state index contributed by atoms with van der Waals surface area (Å²) in [6.45, 7) is 0.476. The van der Waals surface area contributed by atoms with Crippen molar-refractivity contribution in [3.8, 4) is 0 Å². The third-order valence-electron chi connectivity index (χ3n) is 3.68. The molecule has 8 heteroatoms. The number of esters is 2. The van der Waals surface area contributed by atoms with Gasteiger partial charge in [-0.05, 0) is 23.8 Å². The van der Waals surface area contributed by atoms with E-state index in [0.717, 1.165) is 11.5 Å². The number of urea groups is 1. The first-order valence-electron chi connectivity index (χ1n) is 8.51. The second-order valence-corrected chi connectivity index (χ2v) is 6.81. The van der Waals surface area contributed by atoms with Crippen LogP contribution < -0.4 is 10.6 Å². The summed E-state index contributed by atoms with van der Waals surface area (Å²) in [5, 5.41) is 5.35. The van der Waals surface area contributed by atoms with E-state index in [9.17, 15) is 14.4 Å². The monoisotopic (exact) mass is 402 g/mol. The minimum absolute atomic E-state index is 0.138. The van der Waals surface area contributed by atoms with Crippen LogP contribution in [-0.4, -0.2) is 44.5 Å². The van der Waals surface area contributed by atoms with Crippen LogP contribution >= 0.6 is 11.8 Å². The van der Waals surface area contributed by atoms with E-state index in [1.165, 1.54) is 38.0 Å². The second kappa shape index (κ2) is 11.0. The molecule has 7 nitrogen and oxygen atoms in total. The lowest BCUT2D eigenvalue weighted by molar-refractivity contribution is 0.0599. The number of carbonyl (C=O) groups excluding carboxylic acids is 3. The second-order valence-electron chi connectivity index (χ2n) is 5.70. The Kier molecular flexibility index (Phi) is 8.36. The predicted molar refractivity (Wildman–Crippen MR) is 109 cm³/mol. The van der Waals surface area contributed by atoms with Gasteiger partial charge in [-0.3, -0.25) is 0 Å². The van der Waals surface area contributed by atoms with Crippen molar-refractivity contribution in [2.45, 2.75) is 5.75 Å². The van der Waals surface area contributed by atoms with Gasteiger partial charge >= 0.3 is 18.0 Å². The maximum absolute atomic E-state index is 12.1. The highest BCUT2D eigenvalue weighted by Gasteiger charge is 2.14. The maximum Gasteiger partial charge on any atom is 0.337 e. The molecule has 0 saturated heterocycles. The van der Waals surface area contributed by atoms with Gasteiger partial charge in [0, 0.05) is 23.7 Å². The highest BCUT2D eigenvalue weighted by atomic mass is 32.2. The molecule has 0 aromatic heterocycles. The molecule has 28 heavy (non-hydrogen) atoms. The molecule has 0 saturated carbocycles. The van der Waals surface area contributed by atoms with Crippen LogP contribution in [0.15, 0.2) is 48.5 Å². The largest absolute Gasteiger partial charge is 0.465 e. The van der Waals surface area contributed by atoms with Crippen molar-refractivity contribution < 1.29 is 23.9 Å². The fourth-order valence-corrected chi connectivity index (χ4v) is 3.17. The number of benzene rings is 2. The molecule has 148 valence electrons. The Bertz CT molecular complexity index is 792. The van der Waals surface area contributed by atoms with Crippen LogP contribution in [0.1, 0.15) is 26.3 Å². The van der Waals surface area contributed by atoms with Gasteiger partial charge in [0.1, 0.15) is 0 Å². The number of anilines is 1. The van der Waals surface area contributed by atoms with Crippen molar-refractivity contribution in [3.63, 3.8) is 0 Å². The summed E-state index contributed by atoms with van der Waals surface area (Å²) < 4.78 is 9.34. The minimum Gasteiger partial charge on any atom is -0.465 e. The number of amides is 2. The average molecular weight is 402 g/mol. The van der Waals surface area contributed by atoms with Gasteiger partial charge < -0.3 is 20.1 Å². The molecule has 2 N–H and O–H groups in total. The molecule has 0 aliphatic heterocycles. The topological polar surface area (TPSA) is 93.7 Å². The summed E-state index contributed by atoms with van der Waals surface area (Å²) >= 11 is 1.71. The molecule has 0 heterocycles. The molecule has 2 rings (SSSR count). The van der Waals surface area contributed by atoms with Gasteiger partial charge in [-0.15, -0.1) is 0 Å². The summed E-state index contributed by atoms with van der Waals surface area (Å²) in [5.41, 5.74) is 1.79. The zero-order valence-electron chi connectivity index (χ0n) is 15.7. The van der Waals surface area contributed by atoms with Crippen molar-refractivity contribution in [1.29, 1.82) is 0 Å². The maximum atomic E-state index is 12.1. The third kappa shape index (κ3) is 6.62. The fourth-order valence-electron chi connectivity index (χ4n) is 2.35. The normalized spacial score (nSPS) is 10.1. The standard InChI is InChI=1S/C20H22N2O5S/c1-26-18(23)15-10-16(19(24)27-2)12-17(11-15)22-20(25)21-8-9-28-13-14-6-4-3-5-7-14/h3-7,10-12H,8-9,13H2,1-2H3,(H2,21,22,25). The Morgan fingerprint density at radius 2 is 1.54 bits per heavy atom. The molecule has 2 aromatic rings. The van der Waals surface area contributed by atoms with Crippen molar-refractivity contribution in [1.82, 2.24) is 5.32 Å². The summed E-state index contributed by atoms with van der Waals surface area (Å²) in [6.07, 6.45) is 0. The van der Waals surface area contributed by atoms with Gasteiger partial charge in [0.15, 0.2) is 0 Å². The van der Waals surface area contributed by atoms with Crippen molar-refractivity contribution >= 4 is 35.4 Å². The fraction of sp³-hybridized carbons (Fsp3) is 0.250. The van der Waals surface area contributed by atoms with Crippen LogP contribution in [0, 0.1) is 0 Å². The van der Waals surface area contributed by atoms with Crippen molar-refractivity contribution in [2.75, 3.05) is 31.8 Å². The smallest absolute Gasteiger partial charge is 0.337 e. The van der Waals surface area contributed by atoms with Crippen molar-refractivity contribution in [3.05, 3.63) is 65.2 Å². The first kappa shape index (κ1) is 21.3. The molecule has 0 spiro atoms.